The molecule has 1 amide bonds. The Morgan fingerprint density at radius 2 is 1.95 bits per heavy atom. The number of carbonyl (C=O) groups is 1. The van der Waals surface area contributed by atoms with Crippen molar-refractivity contribution in [3.05, 3.63) is 52.0 Å². The summed E-state index contributed by atoms with van der Waals surface area (Å²) in [4.78, 5) is 16.6. The molecule has 4 heteroatoms. The predicted molar refractivity (Wildman–Crippen MR) is 92.4 cm³/mol. The molecule has 0 bridgehead atoms. The Labute approximate surface area is 136 Å². The minimum Gasteiger partial charge on any atom is -0.355 e. The van der Waals surface area contributed by atoms with Gasteiger partial charge in [-0.25, -0.2) is 4.98 Å². The Hall–Kier alpha value is -1.68. The fourth-order valence-electron chi connectivity index (χ4n) is 2.21. The first-order valence-corrected chi connectivity index (χ1v) is 8.53. The van der Waals surface area contributed by atoms with Gasteiger partial charge in [0.05, 0.1) is 17.1 Å². The van der Waals surface area contributed by atoms with Crippen molar-refractivity contribution in [3.63, 3.8) is 0 Å². The molecule has 2 aromatic rings. The summed E-state index contributed by atoms with van der Waals surface area (Å²) in [5, 5.41) is 6.11. The number of nitrogens with zero attached hydrogens (tertiary/aromatic N) is 1. The Bertz CT molecular complexity index is 617. The molecule has 0 aliphatic rings. The number of aromatic nitrogens is 1. The van der Waals surface area contributed by atoms with Crippen molar-refractivity contribution >= 4 is 17.2 Å². The predicted octanol–water partition coefficient (Wildman–Crippen LogP) is 3.90. The van der Waals surface area contributed by atoms with Gasteiger partial charge in [0, 0.05) is 23.3 Å². The lowest BCUT2D eigenvalue weighted by atomic mass is 9.84. The molecular weight excluding hydrogens is 292 g/mol. The highest BCUT2D eigenvalue weighted by molar-refractivity contribution is 7.09. The minimum absolute atomic E-state index is 0.0320. The van der Waals surface area contributed by atoms with Crippen molar-refractivity contribution in [1.82, 2.24) is 10.3 Å². The van der Waals surface area contributed by atoms with Gasteiger partial charge in [-0.2, -0.15) is 0 Å². The maximum Gasteiger partial charge on any atom is 0.226 e. The molecule has 3 nitrogen and oxygen atoms in total. The third kappa shape index (κ3) is 4.41. The molecule has 22 heavy (non-hydrogen) atoms. The summed E-state index contributed by atoms with van der Waals surface area (Å²) in [6.45, 7) is 9.14. The van der Waals surface area contributed by atoms with E-state index in [2.05, 4.69) is 50.1 Å². The Balaban J connectivity index is 1.89. The molecular formula is C18H24N2OS. The normalized spacial score (nSPS) is 11.7. The number of rotatable bonds is 6. The van der Waals surface area contributed by atoms with Crippen LogP contribution in [0, 0.1) is 0 Å². The number of amides is 1. The van der Waals surface area contributed by atoms with Gasteiger partial charge in [-0.05, 0) is 5.56 Å². The lowest BCUT2D eigenvalue weighted by Gasteiger charge is -2.25. The smallest absolute Gasteiger partial charge is 0.226 e. The molecule has 0 atom stereocenters. The summed E-state index contributed by atoms with van der Waals surface area (Å²) in [7, 11) is 0. The molecule has 0 unspecified atom stereocenters. The van der Waals surface area contributed by atoms with Crippen molar-refractivity contribution in [2.24, 2.45) is 0 Å². The average molecular weight is 316 g/mol. The first-order valence-electron chi connectivity index (χ1n) is 7.65. The molecule has 0 aliphatic carbocycles. The van der Waals surface area contributed by atoms with Crippen LogP contribution in [0.2, 0.25) is 0 Å². The molecule has 0 saturated carbocycles. The van der Waals surface area contributed by atoms with Gasteiger partial charge in [0.15, 0.2) is 0 Å². The van der Waals surface area contributed by atoms with E-state index in [1.807, 2.05) is 23.6 Å². The lowest BCUT2D eigenvalue weighted by molar-refractivity contribution is -0.120. The largest absolute Gasteiger partial charge is 0.355 e. The van der Waals surface area contributed by atoms with E-state index in [0.717, 1.165) is 10.7 Å². The van der Waals surface area contributed by atoms with Crippen LogP contribution in [-0.2, 0) is 16.6 Å². The highest BCUT2D eigenvalue weighted by atomic mass is 32.1. The van der Waals surface area contributed by atoms with E-state index in [9.17, 15) is 4.79 Å². The third-order valence-electron chi connectivity index (χ3n) is 3.69. The third-order valence-corrected chi connectivity index (χ3v) is 4.88. The molecule has 0 saturated heterocycles. The number of carbonyl (C=O) groups excluding carboxylic acids is 1. The fourth-order valence-corrected chi connectivity index (χ4v) is 3.04. The van der Waals surface area contributed by atoms with Crippen LogP contribution < -0.4 is 5.32 Å². The maximum atomic E-state index is 12.1. The van der Waals surface area contributed by atoms with Gasteiger partial charge in [-0.15, -0.1) is 11.3 Å². The summed E-state index contributed by atoms with van der Waals surface area (Å²) in [5.74, 6) is 0.448. The van der Waals surface area contributed by atoms with Gasteiger partial charge >= 0.3 is 0 Å². The first-order chi connectivity index (χ1) is 10.4. The Morgan fingerprint density at radius 3 is 2.55 bits per heavy atom. The van der Waals surface area contributed by atoms with E-state index in [1.165, 1.54) is 5.56 Å². The lowest BCUT2D eigenvalue weighted by Crippen LogP contribution is -2.37. The van der Waals surface area contributed by atoms with Crippen molar-refractivity contribution in [3.8, 4) is 0 Å². The van der Waals surface area contributed by atoms with Crippen LogP contribution in [0.3, 0.4) is 0 Å². The fraction of sp³-hybridized carbons (Fsp3) is 0.444. The van der Waals surface area contributed by atoms with Gasteiger partial charge in [-0.1, -0.05) is 58.0 Å². The number of hydrogen-bond acceptors (Lipinski definition) is 3. The summed E-state index contributed by atoms with van der Waals surface area (Å²) in [6, 6.07) is 10.3. The molecule has 1 aromatic carbocycles. The van der Waals surface area contributed by atoms with Crippen LogP contribution in [-0.4, -0.2) is 17.4 Å². The van der Waals surface area contributed by atoms with Crippen molar-refractivity contribution in [1.29, 1.82) is 0 Å². The van der Waals surface area contributed by atoms with Gasteiger partial charge in [0.2, 0.25) is 5.91 Å². The molecule has 1 aromatic heterocycles. The van der Waals surface area contributed by atoms with Crippen molar-refractivity contribution in [2.75, 3.05) is 6.54 Å². The van der Waals surface area contributed by atoms with E-state index < -0.39 is 0 Å². The SMILES string of the molecule is CC(C)c1nc(CC(=O)NCC(C)(C)c2ccccc2)cs1. The number of nitrogens with one attached hydrogen (secondary N) is 1. The monoisotopic (exact) mass is 316 g/mol. The minimum atomic E-state index is -0.0813. The van der Waals surface area contributed by atoms with Crippen molar-refractivity contribution < 1.29 is 4.79 Å². The van der Waals surface area contributed by atoms with Gasteiger partial charge in [-0.3, -0.25) is 4.79 Å². The van der Waals surface area contributed by atoms with E-state index >= 15 is 0 Å². The summed E-state index contributed by atoms with van der Waals surface area (Å²) >= 11 is 1.63. The average Bonchev–Trinajstić information content (AvgIpc) is 2.95. The van der Waals surface area contributed by atoms with Crippen LogP contribution >= 0.6 is 11.3 Å². The highest BCUT2D eigenvalue weighted by Gasteiger charge is 2.21. The zero-order valence-electron chi connectivity index (χ0n) is 13.7. The van der Waals surface area contributed by atoms with Gasteiger partial charge < -0.3 is 5.32 Å². The summed E-state index contributed by atoms with van der Waals surface area (Å²) in [5.41, 5.74) is 2.01. The van der Waals surface area contributed by atoms with Crippen LogP contribution in [0.1, 0.15) is 49.9 Å². The Morgan fingerprint density at radius 1 is 1.27 bits per heavy atom. The molecule has 1 heterocycles. The van der Waals surface area contributed by atoms with E-state index in [1.54, 1.807) is 11.3 Å². The second-order valence-corrected chi connectivity index (χ2v) is 7.42. The highest BCUT2D eigenvalue weighted by Crippen LogP contribution is 2.22. The van der Waals surface area contributed by atoms with E-state index in [0.29, 0.717) is 18.9 Å². The van der Waals surface area contributed by atoms with Crippen LogP contribution in [0.25, 0.3) is 0 Å². The van der Waals surface area contributed by atoms with Gasteiger partial charge in [0.25, 0.3) is 0 Å². The standard InChI is InChI=1S/C18H24N2OS/c1-13(2)17-20-15(11-22-17)10-16(21)19-12-18(3,4)14-8-6-5-7-9-14/h5-9,11,13H,10,12H2,1-4H3,(H,19,21). The molecule has 0 aliphatic heterocycles. The Kier molecular flexibility index (Phi) is 5.35. The maximum absolute atomic E-state index is 12.1. The van der Waals surface area contributed by atoms with Crippen LogP contribution in [0.15, 0.2) is 35.7 Å². The molecule has 2 rings (SSSR count). The summed E-state index contributed by atoms with van der Waals surface area (Å²) in [6.07, 6.45) is 0.355. The molecule has 0 fully saturated rings. The first kappa shape index (κ1) is 16.7. The quantitative estimate of drug-likeness (QED) is 0.878. The number of benzene rings is 1. The number of hydrogen-bond donors (Lipinski definition) is 1. The second-order valence-electron chi connectivity index (χ2n) is 6.54. The summed E-state index contributed by atoms with van der Waals surface area (Å²) < 4.78 is 0. The molecule has 118 valence electrons. The zero-order chi connectivity index (χ0) is 16.2. The van der Waals surface area contributed by atoms with Crippen LogP contribution in [0.4, 0.5) is 0 Å². The zero-order valence-corrected chi connectivity index (χ0v) is 14.5. The second kappa shape index (κ2) is 7.05. The topological polar surface area (TPSA) is 42.0 Å². The van der Waals surface area contributed by atoms with E-state index in [4.69, 9.17) is 0 Å². The number of thiazole rings is 1. The van der Waals surface area contributed by atoms with Crippen LogP contribution in [0.5, 0.6) is 0 Å². The molecule has 1 N–H and O–H groups in total. The van der Waals surface area contributed by atoms with Gasteiger partial charge in [0.1, 0.15) is 0 Å². The van der Waals surface area contributed by atoms with E-state index in [-0.39, 0.29) is 11.3 Å². The van der Waals surface area contributed by atoms with Crippen molar-refractivity contribution in [2.45, 2.75) is 45.4 Å². The molecule has 0 spiro atoms. The molecule has 0 radical (unpaired) electrons.